The van der Waals surface area contributed by atoms with Crippen molar-refractivity contribution in [3.8, 4) is 6.07 Å². The van der Waals surface area contributed by atoms with Crippen LogP contribution in [0.2, 0.25) is 5.02 Å². The lowest BCUT2D eigenvalue weighted by atomic mass is 10.2. The lowest BCUT2D eigenvalue weighted by molar-refractivity contribution is -0.119. The number of nitrogens with zero attached hydrogens (tertiary/aromatic N) is 3. The van der Waals surface area contributed by atoms with E-state index < -0.39 is 28.5 Å². The highest BCUT2D eigenvalue weighted by molar-refractivity contribution is 7.89. The van der Waals surface area contributed by atoms with Crippen LogP contribution in [0.1, 0.15) is 15.9 Å². The molecule has 12 heteroatoms. The molecule has 1 aliphatic heterocycles. The second-order valence-electron chi connectivity index (χ2n) is 8.33. The van der Waals surface area contributed by atoms with Crippen molar-refractivity contribution in [3.05, 3.63) is 88.7 Å². The molecule has 0 aromatic heterocycles. The Balaban J connectivity index is 1.39. The predicted molar refractivity (Wildman–Crippen MR) is 139 cm³/mol. The maximum atomic E-state index is 13.3. The van der Waals surface area contributed by atoms with Crippen LogP contribution in [-0.2, 0) is 19.6 Å². The summed E-state index contributed by atoms with van der Waals surface area (Å²) >= 11 is 6.20. The van der Waals surface area contributed by atoms with Gasteiger partial charge in [0, 0.05) is 37.6 Å². The van der Waals surface area contributed by atoms with Crippen molar-refractivity contribution in [1.82, 2.24) is 4.31 Å². The van der Waals surface area contributed by atoms with Crippen molar-refractivity contribution in [1.29, 1.82) is 5.26 Å². The van der Waals surface area contributed by atoms with Gasteiger partial charge in [0.1, 0.15) is 10.7 Å². The number of benzene rings is 3. The van der Waals surface area contributed by atoms with Gasteiger partial charge in [-0.1, -0.05) is 17.7 Å². The Hall–Kier alpha value is -3.98. The number of nitrogens with one attached hydrogen (secondary N) is 1. The van der Waals surface area contributed by atoms with E-state index in [0.717, 1.165) is 11.8 Å². The summed E-state index contributed by atoms with van der Waals surface area (Å²) in [6.07, 6.45) is 0. The molecule has 38 heavy (non-hydrogen) atoms. The van der Waals surface area contributed by atoms with Crippen LogP contribution >= 0.6 is 11.6 Å². The number of halogens is 2. The summed E-state index contributed by atoms with van der Waals surface area (Å²) < 4.78 is 46.2. The number of hydrogen-bond donors (Lipinski definition) is 1. The standard InChI is InChI=1S/C26H22ClFN4O5S/c27-23-9-4-19(26(34)37-17-25(33)30-21-3-1-2-18(14-21)16-29)15-24(23)38(35,36)32-12-10-31(11-13-32)22-7-5-20(28)6-8-22/h1-9,14-15H,10-13,17H2,(H,30,33). The van der Waals surface area contributed by atoms with Gasteiger partial charge in [0.15, 0.2) is 6.61 Å². The summed E-state index contributed by atoms with van der Waals surface area (Å²) in [5, 5.41) is 11.4. The molecule has 3 aromatic rings. The van der Waals surface area contributed by atoms with Gasteiger partial charge >= 0.3 is 5.97 Å². The highest BCUT2D eigenvalue weighted by Crippen LogP contribution is 2.28. The van der Waals surface area contributed by atoms with E-state index in [-0.39, 0.29) is 34.4 Å². The average Bonchev–Trinajstić information content (AvgIpc) is 2.92. The van der Waals surface area contributed by atoms with E-state index in [1.54, 1.807) is 30.3 Å². The maximum Gasteiger partial charge on any atom is 0.338 e. The highest BCUT2D eigenvalue weighted by Gasteiger charge is 2.31. The number of carbonyl (C=O) groups is 2. The molecule has 1 aliphatic rings. The fourth-order valence-electron chi connectivity index (χ4n) is 3.88. The van der Waals surface area contributed by atoms with Gasteiger partial charge in [-0.25, -0.2) is 17.6 Å². The van der Waals surface area contributed by atoms with Crippen molar-refractivity contribution in [2.24, 2.45) is 0 Å². The molecular weight excluding hydrogens is 535 g/mol. The smallest absolute Gasteiger partial charge is 0.338 e. The summed E-state index contributed by atoms with van der Waals surface area (Å²) in [7, 11) is -4.04. The van der Waals surface area contributed by atoms with Gasteiger partial charge in [0.2, 0.25) is 10.0 Å². The third-order valence-electron chi connectivity index (χ3n) is 5.82. The Morgan fingerprint density at radius 3 is 2.42 bits per heavy atom. The lowest BCUT2D eigenvalue weighted by Crippen LogP contribution is -2.48. The van der Waals surface area contributed by atoms with Crippen LogP contribution in [-0.4, -0.2) is 57.4 Å². The summed E-state index contributed by atoms with van der Waals surface area (Å²) in [6.45, 7) is 0.481. The largest absolute Gasteiger partial charge is 0.452 e. The fourth-order valence-corrected chi connectivity index (χ4v) is 5.81. The third-order valence-corrected chi connectivity index (χ3v) is 8.21. The van der Waals surface area contributed by atoms with Gasteiger partial charge in [0.05, 0.1) is 22.2 Å². The van der Waals surface area contributed by atoms with E-state index in [9.17, 15) is 22.4 Å². The summed E-state index contributed by atoms with van der Waals surface area (Å²) in [5.41, 5.74) is 1.42. The number of piperazine rings is 1. The van der Waals surface area contributed by atoms with E-state index in [4.69, 9.17) is 21.6 Å². The quantitative estimate of drug-likeness (QED) is 0.441. The molecule has 1 saturated heterocycles. The molecule has 1 amide bonds. The first-order valence-corrected chi connectivity index (χ1v) is 13.3. The van der Waals surface area contributed by atoms with Crippen LogP contribution in [0.15, 0.2) is 71.6 Å². The molecule has 1 heterocycles. The Morgan fingerprint density at radius 1 is 1.03 bits per heavy atom. The SMILES string of the molecule is N#Cc1cccc(NC(=O)COC(=O)c2ccc(Cl)c(S(=O)(=O)N3CCN(c4ccc(F)cc4)CC3)c2)c1. The molecule has 4 rings (SSSR count). The Kier molecular flexibility index (Phi) is 8.26. The number of esters is 1. The molecule has 0 aliphatic carbocycles. The van der Waals surface area contributed by atoms with Gasteiger partial charge in [-0.05, 0) is 60.7 Å². The van der Waals surface area contributed by atoms with Crippen molar-refractivity contribution < 1.29 is 27.1 Å². The number of ether oxygens (including phenoxy) is 1. The third kappa shape index (κ3) is 6.28. The van der Waals surface area contributed by atoms with Crippen LogP contribution in [0.25, 0.3) is 0 Å². The zero-order valence-corrected chi connectivity index (χ0v) is 21.5. The number of sulfonamides is 1. The molecule has 0 bridgehead atoms. The molecule has 0 saturated carbocycles. The molecule has 0 spiro atoms. The van der Waals surface area contributed by atoms with E-state index >= 15 is 0 Å². The average molecular weight is 557 g/mol. The molecule has 0 radical (unpaired) electrons. The zero-order valence-electron chi connectivity index (χ0n) is 19.9. The predicted octanol–water partition coefficient (Wildman–Crippen LogP) is 3.66. The molecule has 9 nitrogen and oxygen atoms in total. The van der Waals surface area contributed by atoms with Gasteiger partial charge in [-0.2, -0.15) is 9.57 Å². The molecule has 0 unspecified atom stereocenters. The summed E-state index contributed by atoms with van der Waals surface area (Å²) in [4.78, 5) is 26.4. The number of hydrogen-bond acceptors (Lipinski definition) is 7. The van der Waals surface area contributed by atoms with E-state index in [2.05, 4.69) is 5.32 Å². The topological polar surface area (TPSA) is 120 Å². The van der Waals surface area contributed by atoms with Crippen LogP contribution in [0.3, 0.4) is 0 Å². The Labute approximate surface area is 224 Å². The van der Waals surface area contributed by atoms with Crippen molar-refractivity contribution >= 4 is 44.9 Å². The van der Waals surface area contributed by atoms with Crippen LogP contribution in [0.5, 0.6) is 0 Å². The minimum Gasteiger partial charge on any atom is -0.452 e. The summed E-state index contributed by atoms with van der Waals surface area (Å²) in [6, 6.07) is 17.9. The molecule has 196 valence electrons. The number of rotatable bonds is 7. The summed E-state index contributed by atoms with van der Waals surface area (Å²) in [5.74, 6) is -1.89. The van der Waals surface area contributed by atoms with Gasteiger partial charge in [-0.15, -0.1) is 0 Å². The van der Waals surface area contributed by atoms with E-state index in [0.29, 0.717) is 24.3 Å². The normalized spacial score (nSPS) is 14.0. The number of nitriles is 1. The molecule has 0 atom stereocenters. The van der Waals surface area contributed by atoms with E-state index in [1.165, 1.54) is 34.6 Å². The minimum absolute atomic E-state index is 0.0577. The van der Waals surface area contributed by atoms with E-state index in [1.807, 2.05) is 11.0 Å². The Bertz CT molecular complexity index is 1500. The monoisotopic (exact) mass is 556 g/mol. The van der Waals surface area contributed by atoms with Gasteiger partial charge in [0.25, 0.3) is 5.91 Å². The number of anilines is 2. The number of amides is 1. The van der Waals surface area contributed by atoms with Crippen LogP contribution in [0.4, 0.5) is 15.8 Å². The first-order valence-electron chi connectivity index (χ1n) is 11.4. The number of carbonyl (C=O) groups excluding carboxylic acids is 2. The van der Waals surface area contributed by atoms with Gasteiger partial charge in [-0.3, -0.25) is 4.79 Å². The van der Waals surface area contributed by atoms with Crippen molar-refractivity contribution in [2.45, 2.75) is 4.90 Å². The molecular formula is C26H22ClFN4O5S. The van der Waals surface area contributed by atoms with Crippen molar-refractivity contribution in [3.63, 3.8) is 0 Å². The molecule has 3 aromatic carbocycles. The van der Waals surface area contributed by atoms with Crippen molar-refractivity contribution in [2.75, 3.05) is 43.0 Å². The lowest BCUT2D eigenvalue weighted by Gasteiger charge is -2.35. The van der Waals surface area contributed by atoms with Crippen LogP contribution < -0.4 is 10.2 Å². The fraction of sp³-hybridized carbons (Fsp3) is 0.192. The zero-order chi connectivity index (χ0) is 27.3. The second-order valence-corrected chi connectivity index (χ2v) is 10.6. The molecule has 1 N–H and O–H groups in total. The Morgan fingerprint density at radius 2 is 1.74 bits per heavy atom. The van der Waals surface area contributed by atoms with Crippen LogP contribution in [0, 0.1) is 17.1 Å². The highest BCUT2D eigenvalue weighted by atomic mass is 35.5. The van der Waals surface area contributed by atoms with Gasteiger partial charge < -0.3 is 15.0 Å². The molecule has 1 fully saturated rings. The minimum atomic E-state index is -4.04. The first-order chi connectivity index (χ1) is 18.2. The maximum absolute atomic E-state index is 13.3. The first kappa shape index (κ1) is 27.1. The second kappa shape index (κ2) is 11.6.